The van der Waals surface area contributed by atoms with Crippen LogP contribution in [0.15, 0.2) is 49.3 Å². The quantitative estimate of drug-likeness (QED) is 0.357. The second-order valence-corrected chi connectivity index (χ2v) is 8.85. The van der Waals surface area contributed by atoms with Gasteiger partial charge in [0, 0.05) is 11.8 Å². The third-order valence-electron chi connectivity index (χ3n) is 5.73. The smallest absolute Gasteiger partial charge is 0.338 e. The molecule has 1 aliphatic rings. The maximum absolute atomic E-state index is 12.7. The Kier molecular flexibility index (Phi) is 7.61. The highest BCUT2D eigenvalue weighted by molar-refractivity contribution is 5.91. The molecule has 11 nitrogen and oxygen atoms in total. The van der Waals surface area contributed by atoms with Crippen molar-refractivity contribution in [1.29, 1.82) is 0 Å². The number of anilines is 1. The molecule has 0 radical (unpaired) electrons. The van der Waals surface area contributed by atoms with E-state index in [1.165, 1.54) is 10.9 Å². The van der Waals surface area contributed by atoms with E-state index < -0.39 is 24.4 Å². The minimum atomic E-state index is -1.22. The summed E-state index contributed by atoms with van der Waals surface area (Å²) >= 11 is 0. The number of aromatic nitrogens is 4. The van der Waals surface area contributed by atoms with Gasteiger partial charge in [-0.25, -0.2) is 9.78 Å². The van der Waals surface area contributed by atoms with E-state index >= 15 is 0 Å². The lowest BCUT2D eigenvalue weighted by Crippen LogP contribution is -2.49. The van der Waals surface area contributed by atoms with Gasteiger partial charge in [-0.3, -0.25) is 14.7 Å². The van der Waals surface area contributed by atoms with Crippen molar-refractivity contribution in [2.45, 2.75) is 39.2 Å². The van der Waals surface area contributed by atoms with E-state index in [0.29, 0.717) is 11.1 Å². The lowest BCUT2D eigenvalue weighted by atomic mass is 9.96. The van der Waals surface area contributed by atoms with Gasteiger partial charge in [0.25, 0.3) is 0 Å². The summed E-state index contributed by atoms with van der Waals surface area (Å²) in [6.45, 7) is 9.35. The number of aliphatic hydroxyl groups excluding tert-OH is 1. The minimum Gasteiger partial charge on any atom is -0.472 e. The summed E-state index contributed by atoms with van der Waals surface area (Å²) in [6, 6.07) is 8.57. The molecule has 4 atom stereocenters. The number of fused-ring (bicyclic) bond motifs is 1. The maximum atomic E-state index is 12.7. The number of hydrogen-bond donors (Lipinski definition) is 2. The van der Waals surface area contributed by atoms with Crippen molar-refractivity contribution in [2.24, 2.45) is 11.8 Å². The van der Waals surface area contributed by atoms with Gasteiger partial charge in [0.2, 0.25) is 17.7 Å². The lowest BCUT2D eigenvalue weighted by molar-refractivity contribution is -0.188. The predicted molar refractivity (Wildman–Crippen MR) is 130 cm³/mol. The Balaban J connectivity index is 1.66. The van der Waals surface area contributed by atoms with E-state index in [4.69, 9.17) is 14.2 Å². The maximum Gasteiger partial charge on any atom is 0.338 e. The molecule has 1 saturated heterocycles. The molecular weight excluding hydrogens is 466 g/mol. The molecule has 2 N–H and O–H groups in total. The molecule has 1 aliphatic heterocycles. The molecule has 1 amide bonds. The number of carbonyl (C=O) groups is 2. The standard InChI is InChI=1S/C25H29N5O6/c1-5-11-34-22-17-20(27-25(29-22)28-21(32)14(2)3)30(13-26-17)23-18(31)19(15(4)12-35-23)36-24(33)16-9-7-6-8-10-16/h5-10,13-15,18-19,23,31H,1,11-12H2,2-4H3,(H,27,28,29,32)/t15-,18+,19-,23?/m0/s1. The van der Waals surface area contributed by atoms with Crippen molar-refractivity contribution in [2.75, 3.05) is 18.5 Å². The molecule has 190 valence electrons. The highest BCUT2D eigenvalue weighted by Gasteiger charge is 2.42. The van der Waals surface area contributed by atoms with Gasteiger partial charge in [0.1, 0.15) is 18.8 Å². The van der Waals surface area contributed by atoms with Gasteiger partial charge in [-0.15, -0.1) is 0 Å². The molecule has 11 heteroatoms. The summed E-state index contributed by atoms with van der Waals surface area (Å²) in [6.07, 6.45) is -0.0325. The molecule has 36 heavy (non-hydrogen) atoms. The molecule has 1 unspecified atom stereocenters. The van der Waals surface area contributed by atoms with Crippen LogP contribution in [-0.4, -0.2) is 61.9 Å². The molecule has 1 aromatic carbocycles. The Morgan fingerprint density at radius 1 is 1.31 bits per heavy atom. The van der Waals surface area contributed by atoms with Crippen molar-refractivity contribution in [3.8, 4) is 5.88 Å². The first-order valence-corrected chi connectivity index (χ1v) is 11.6. The Morgan fingerprint density at radius 3 is 2.75 bits per heavy atom. The van der Waals surface area contributed by atoms with Gasteiger partial charge < -0.3 is 19.3 Å². The summed E-state index contributed by atoms with van der Waals surface area (Å²) in [4.78, 5) is 38.0. The van der Waals surface area contributed by atoms with Crippen LogP contribution in [0.25, 0.3) is 11.2 Å². The number of imidazole rings is 1. The van der Waals surface area contributed by atoms with E-state index in [1.54, 1.807) is 50.3 Å². The zero-order valence-corrected chi connectivity index (χ0v) is 20.3. The summed E-state index contributed by atoms with van der Waals surface area (Å²) in [5.74, 6) is -1.21. The van der Waals surface area contributed by atoms with E-state index in [1.807, 2.05) is 6.92 Å². The number of carbonyl (C=O) groups excluding carboxylic acids is 2. The second-order valence-electron chi connectivity index (χ2n) is 8.85. The van der Waals surface area contributed by atoms with Gasteiger partial charge in [0.05, 0.1) is 18.5 Å². The summed E-state index contributed by atoms with van der Waals surface area (Å²) in [5, 5.41) is 13.9. The van der Waals surface area contributed by atoms with Crippen LogP contribution in [0.4, 0.5) is 5.95 Å². The number of rotatable bonds is 8. The van der Waals surface area contributed by atoms with Crippen LogP contribution in [0.5, 0.6) is 5.88 Å². The first kappa shape index (κ1) is 25.3. The van der Waals surface area contributed by atoms with Crippen molar-refractivity contribution < 1.29 is 28.9 Å². The zero-order valence-electron chi connectivity index (χ0n) is 20.3. The number of nitrogens with zero attached hydrogens (tertiary/aromatic N) is 4. The largest absolute Gasteiger partial charge is 0.472 e. The van der Waals surface area contributed by atoms with Gasteiger partial charge in [-0.1, -0.05) is 51.6 Å². The molecule has 0 aliphatic carbocycles. The number of nitrogens with one attached hydrogen (secondary N) is 1. The van der Waals surface area contributed by atoms with Crippen LogP contribution < -0.4 is 10.1 Å². The van der Waals surface area contributed by atoms with E-state index in [0.717, 1.165) is 0 Å². The van der Waals surface area contributed by atoms with Gasteiger partial charge in [0.15, 0.2) is 17.4 Å². The molecule has 4 rings (SSSR count). The second kappa shape index (κ2) is 10.8. The Hall–Kier alpha value is -3.83. The van der Waals surface area contributed by atoms with Gasteiger partial charge in [-0.05, 0) is 12.1 Å². The Labute approximate surface area is 208 Å². The summed E-state index contributed by atoms with van der Waals surface area (Å²) in [7, 11) is 0. The average Bonchev–Trinajstić information content (AvgIpc) is 3.29. The van der Waals surface area contributed by atoms with Crippen molar-refractivity contribution in [3.05, 3.63) is 54.9 Å². The van der Waals surface area contributed by atoms with Crippen LogP contribution in [0.2, 0.25) is 0 Å². The first-order chi connectivity index (χ1) is 17.3. The summed E-state index contributed by atoms with van der Waals surface area (Å²) in [5.41, 5.74) is 0.969. The third kappa shape index (κ3) is 5.21. The fraction of sp³-hybridized carbons (Fsp3) is 0.400. The summed E-state index contributed by atoms with van der Waals surface area (Å²) < 4.78 is 18.8. The van der Waals surface area contributed by atoms with Crippen molar-refractivity contribution >= 4 is 29.0 Å². The Morgan fingerprint density at radius 2 is 2.06 bits per heavy atom. The van der Waals surface area contributed by atoms with E-state index in [9.17, 15) is 14.7 Å². The third-order valence-corrected chi connectivity index (χ3v) is 5.73. The van der Waals surface area contributed by atoms with Crippen LogP contribution in [0, 0.1) is 11.8 Å². The molecule has 2 aromatic heterocycles. The van der Waals surface area contributed by atoms with Crippen molar-refractivity contribution in [3.63, 3.8) is 0 Å². The average molecular weight is 496 g/mol. The molecular formula is C25H29N5O6. The zero-order chi connectivity index (χ0) is 25.8. The topological polar surface area (TPSA) is 138 Å². The van der Waals surface area contributed by atoms with E-state index in [-0.39, 0.29) is 48.4 Å². The fourth-order valence-corrected chi connectivity index (χ4v) is 3.77. The van der Waals surface area contributed by atoms with E-state index in [2.05, 4.69) is 26.8 Å². The highest BCUT2D eigenvalue weighted by atomic mass is 16.6. The molecule has 3 aromatic rings. The van der Waals surface area contributed by atoms with Crippen molar-refractivity contribution in [1.82, 2.24) is 19.5 Å². The predicted octanol–water partition coefficient (Wildman–Crippen LogP) is 2.74. The first-order valence-electron chi connectivity index (χ1n) is 11.6. The van der Waals surface area contributed by atoms with Crippen LogP contribution in [-0.2, 0) is 14.3 Å². The number of amides is 1. The number of ether oxygens (including phenoxy) is 3. The van der Waals surface area contributed by atoms with Gasteiger partial charge in [-0.2, -0.15) is 9.97 Å². The lowest BCUT2D eigenvalue weighted by Gasteiger charge is -2.38. The molecule has 0 spiro atoms. The SMILES string of the molecule is C=CCOc1nc(NC(=O)C(C)C)nc2c1ncn2C1OC[C@H](C)[C@H](OC(=O)c2ccccc2)[C@H]1O. The number of esters is 1. The number of benzene rings is 1. The number of hydrogen-bond acceptors (Lipinski definition) is 9. The molecule has 0 saturated carbocycles. The fourth-order valence-electron chi connectivity index (χ4n) is 3.77. The van der Waals surface area contributed by atoms with Crippen LogP contribution in [0.3, 0.4) is 0 Å². The molecule has 1 fully saturated rings. The molecule has 3 heterocycles. The molecule has 0 bridgehead atoms. The van der Waals surface area contributed by atoms with Crippen LogP contribution in [0.1, 0.15) is 37.4 Å². The number of aliphatic hydroxyl groups is 1. The van der Waals surface area contributed by atoms with Gasteiger partial charge >= 0.3 is 5.97 Å². The van der Waals surface area contributed by atoms with Crippen LogP contribution >= 0.6 is 0 Å². The monoisotopic (exact) mass is 495 g/mol. The Bertz CT molecular complexity index is 1240. The minimum absolute atomic E-state index is 0.0211. The highest BCUT2D eigenvalue weighted by Crippen LogP contribution is 2.33. The normalized spacial score (nSPS) is 21.8.